The number of benzene rings is 1. The summed E-state index contributed by atoms with van der Waals surface area (Å²) in [5, 5.41) is 12.4. The van der Waals surface area contributed by atoms with Crippen LogP contribution in [0.5, 0.6) is 0 Å². The molecule has 0 aromatic heterocycles. The van der Waals surface area contributed by atoms with Gasteiger partial charge in [0.15, 0.2) is 0 Å². The van der Waals surface area contributed by atoms with Crippen LogP contribution < -0.4 is 11.1 Å². The molecule has 0 aliphatic heterocycles. The lowest BCUT2D eigenvalue weighted by atomic mass is 10.1. The van der Waals surface area contributed by atoms with Crippen molar-refractivity contribution in [3.05, 3.63) is 23.8 Å². The highest BCUT2D eigenvalue weighted by atomic mass is 16.4. The molecule has 1 aliphatic rings. The second-order valence-electron chi connectivity index (χ2n) is 4.77. The minimum absolute atomic E-state index is 0.167. The summed E-state index contributed by atoms with van der Waals surface area (Å²) in [5.41, 5.74) is 6.94. The average molecular weight is 234 g/mol. The molecule has 0 amide bonds. The molecule has 2 atom stereocenters. The van der Waals surface area contributed by atoms with Gasteiger partial charge in [0.2, 0.25) is 0 Å². The van der Waals surface area contributed by atoms with Crippen LogP contribution in [0.25, 0.3) is 0 Å². The molecule has 0 radical (unpaired) electrons. The van der Waals surface area contributed by atoms with Crippen LogP contribution in [0.1, 0.15) is 36.5 Å². The minimum Gasteiger partial charge on any atom is -0.478 e. The zero-order chi connectivity index (χ0) is 12.4. The molecular weight excluding hydrogens is 216 g/mol. The SMILES string of the molecule is CC1CCCC1Nc1ccc(N)c(C(=O)O)c1. The third-order valence-electron chi connectivity index (χ3n) is 3.50. The number of anilines is 2. The van der Waals surface area contributed by atoms with Crippen molar-refractivity contribution in [1.82, 2.24) is 0 Å². The fourth-order valence-corrected chi connectivity index (χ4v) is 2.41. The normalized spacial score (nSPS) is 23.6. The Kier molecular flexibility index (Phi) is 3.22. The summed E-state index contributed by atoms with van der Waals surface area (Å²) in [4.78, 5) is 11.0. The molecule has 0 heterocycles. The topological polar surface area (TPSA) is 75.3 Å². The second kappa shape index (κ2) is 4.65. The maximum absolute atomic E-state index is 11.0. The molecule has 1 aromatic rings. The Bertz CT molecular complexity index is 431. The maximum atomic E-state index is 11.0. The van der Waals surface area contributed by atoms with E-state index in [1.54, 1.807) is 12.1 Å². The second-order valence-corrected chi connectivity index (χ2v) is 4.77. The van der Waals surface area contributed by atoms with Gasteiger partial charge in [0.1, 0.15) is 0 Å². The van der Waals surface area contributed by atoms with E-state index in [9.17, 15) is 4.79 Å². The van der Waals surface area contributed by atoms with Gasteiger partial charge in [-0.2, -0.15) is 0 Å². The molecule has 4 N–H and O–H groups in total. The lowest BCUT2D eigenvalue weighted by Crippen LogP contribution is -2.22. The van der Waals surface area contributed by atoms with Crippen LogP contribution >= 0.6 is 0 Å². The Hall–Kier alpha value is -1.71. The lowest BCUT2D eigenvalue weighted by molar-refractivity contribution is 0.0698. The highest BCUT2D eigenvalue weighted by Crippen LogP contribution is 2.28. The van der Waals surface area contributed by atoms with Crippen LogP contribution in [0.2, 0.25) is 0 Å². The maximum Gasteiger partial charge on any atom is 0.337 e. The number of nitrogens with two attached hydrogens (primary N) is 1. The van der Waals surface area contributed by atoms with Crippen molar-refractivity contribution in [2.45, 2.75) is 32.2 Å². The minimum atomic E-state index is -0.981. The van der Waals surface area contributed by atoms with E-state index in [2.05, 4.69) is 12.2 Å². The number of rotatable bonds is 3. The Labute approximate surface area is 101 Å². The number of carbonyl (C=O) groups is 1. The van der Waals surface area contributed by atoms with Gasteiger partial charge in [0.25, 0.3) is 0 Å². The van der Waals surface area contributed by atoms with Crippen LogP contribution in [-0.2, 0) is 0 Å². The molecule has 0 spiro atoms. The van der Waals surface area contributed by atoms with Crippen LogP contribution in [0.15, 0.2) is 18.2 Å². The van der Waals surface area contributed by atoms with Crippen LogP contribution in [-0.4, -0.2) is 17.1 Å². The largest absolute Gasteiger partial charge is 0.478 e. The molecule has 0 saturated heterocycles. The predicted molar refractivity (Wildman–Crippen MR) is 68.2 cm³/mol. The highest BCUT2D eigenvalue weighted by Gasteiger charge is 2.23. The summed E-state index contributed by atoms with van der Waals surface area (Å²) < 4.78 is 0. The molecule has 2 unspecified atom stereocenters. The van der Waals surface area contributed by atoms with Crippen molar-refractivity contribution in [2.24, 2.45) is 5.92 Å². The Balaban J connectivity index is 2.16. The fraction of sp³-hybridized carbons (Fsp3) is 0.462. The van der Waals surface area contributed by atoms with Gasteiger partial charge in [0.05, 0.1) is 5.56 Å². The first-order chi connectivity index (χ1) is 8.08. The smallest absolute Gasteiger partial charge is 0.337 e. The Morgan fingerprint density at radius 1 is 1.47 bits per heavy atom. The first-order valence-electron chi connectivity index (χ1n) is 5.97. The number of aromatic carboxylic acids is 1. The van der Waals surface area contributed by atoms with E-state index in [1.165, 1.54) is 12.8 Å². The van der Waals surface area contributed by atoms with Crippen LogP contribution in [0.3, 0.4) is 0 Å². The first-order valence-corrected chi connectivity index (χ1v) is 5.97. The molecule has 4 heteroatoms. The summed E-state index contributed by atoms with van der Waals surface area (Å²) in [6, 6.07) is 5.54. The van der Waals surface area contributed by atoms with Crippen molar-refractivity contribution < 1.29 is 9.90 Å². The number of hydrogen-bond donors (Lipinski definition) is 3. The average Bonchev–Trinajstić information content (AvgIpc) is 2.67. The highest BCUT2D eigenvalue weighted by molar-refractivity contribution is 5.94. The van der Waals surface area contributed by atoms with Gasteiger partial charge >= 0.3 is 5.97 Å². The standard InChI is InChI=1S/C13H18N2O2/c1-8-3-2-4-12(8)15-9-5-6-11(14)10(7-9)13(16)17/h5-8,12,15H,2-4,14H2,1H3,(H,16,17). The summed E-state index contributed by atoms with van der Waals surface area (Å²) in [6.45, 7) is 2.22. The van der Waals surface area contributed by atoms with Gasteiger partial charge in [-0.15, -0.1) is 0 Å². The zero-order valence-corrected chi connectivity index (χ0v) is 9.94. The van der Waals surface area contributed by atoms with E-state index in [-0.39, 0.29) is 5.56 Å². The number of hydrogen-bond acceptors (Lipinski definition) is 3. The number of nitrogens with one attached hydrogen (secondary N) is 1. The zero-order valence-electron chi connectivity index (χ0n) is 9.94. The quantitative estimate of drug-likeness (QED) is 0.702. The lowest BCUT2D eigenvalue weighted by Gasteiger charge is -2.19. The molecule has 0 bridgehead atoms. The predicted octanol–water partition coefficient (Wildman–Crippen LogP) is 2.57. The number of carboxylic acids is 1. The van der Waals surface area contributed by atoms with E-state index < -0.39 is 5.97 Å². The Morgan fingerprint density at radius 2 is 2.24 bits per heavy atom. The van der Waals surface area contributed by atoms with E-state index >= 15 is 0 Å². The third kappa shape index (κ3) is 2.52. The molecule has 4 nitrogen and oxygen atoms in total. The Morgan fingerprint density at radius 3 is 2.82 bits per heavy atom. The molecule has 1 aliphatic carbocycles. The van der Waals surface area contributed by atoms with Gasteiger partial charge in [-0.1, -0.05) is 13.3 Å². The third-order valence-corrected chi connectivity index (χ3v) is 3.50. The van der Waals surface area contributed by atoms with Crippen molar-refractivity contribution in [3.8, 4) is 0 Å². The van der Waals surface area contributed by atoms with Crippen molar-refractivity contribution >= 4 is 17.3 Å². The van der Waals surface area contributed by atoms with Crippen LogP contribution in [0, 0.1) is 5.92 Å². The van der Waals surface area contributed by atoms with E-state index in [1.807, 2.05) is 6.07 Å². The summed E-state index contributed by atoms with van der Waals surface area (Å²) in [5.74, 6) is -0.341. The summed E-state index contributed by atoms with van der Waals surface area (Å²) in [6.07, 6.45) is 3.62. The van der Waals surface area contributed by atoms with Crippen molar-refractivity contribution in [3.63, 3.8) is 0 Å². The molecule has 1 fully saturated rings. The summed E-state index contributed by atoms with van der Waals surface area (Å²) in [7, 11) is 0. The number of nitrogen functional groups attached to an aromatic ring is 1. The first kappa shape index (κ1) is 11.8. The van der Waals surface area contributed by atoms with Gasteiger partial charge in [0, 0.05) is 17.4 Å². The molecular formula is C13H18N2O2. The molecule has 1 aromatic carbocycles. The van der Waals surface area contributed by atoms with Crippen molar-refractivity contribution in [2.75, 3.05) is 11.1 Å². The molecule has 2 rings (SSSR count). The molecule has 92 valence electrons. The van der Waals surface area contributed by atoms with Gasteiger partial charge in [-0.25, -0.2) is 4.79 Å². The van der Waals surface area contributed by atoms with Crippen LogP contribution in [0.4, 0.5) is 11.4 Å². The van der Waals surface area contributed by atoms with Gasteiger partial charge in [-0.3, -0.25) is 0 Å². The van der Waals surface area contributed by atoms with Crippen molar-refractivity contribution in [1.29, 1.82) is 0 Å². The van der Waals surface area contributed by atoms with Gasteiger partial charge in [-0.05, 0) is 37.0 Å². The monoisotopic (exact) mass is 234 g/mol. The molecule has 17 heavy (non-hydrogen) atoms. The molecule has 1 saturated carbocycles. The van der Waals surface area contributed by atoms with Gasteiger partial charge < -0.3 is 16.2 Å². The fourth-order valence-electron chi connectivity index (χ4n) is 2.41. The number of carboxylic acid groups (broad SMARTS) is 1. The summed E-state index contributed by atoms with van der Waals surface area (Å²) >= 11 is 0. The van der Waals surface area contributed by atoms with E-state index in [0.29, 0.717) is 17.6 Å². The van der Waals surface area contributed by atoms with E-state index in [0.717, 1.165) is 12.1 Å². The van der Waals surface area contributed by atoms with E-state index in [4.69, 9.17) is 10.8 Å².